The topological polar surface area (TPSA) is 99.4 Å². The van der Waals surface area contributed by atoms with E-state index in [1.807, 2.05) is 48.5 Å². The van der Waals surface area contributed by atoms with E-state index in [4.69, 9.17) is 9.47 Å². The molecule has 0 atom stereocenters. The van der Waals surface area contributed by atoms with Crippen molar-refractivity contribution in [1.82, 2.24) is 19.7 Å². The van der Waals surface area contributed by atoms with Crippen LogP contribution in [0.15, 0.2) is 73.3 Å². The van der Waals surface area contributed by atoms with Crippen LogP contribution >= 0.6 is 0 Å². The number of aromatic nitrogens is 4. The number of carboxylic acids is 1. The average Bonchev–Trinajstić information content (AvgIpc) is 3.21. The molecule has 0 aliphatic carbocycles. The molecular weight excluding hydrogens is 396 g/mol. The molecule has 0 bridgehead atoms. The van der Waals surface area contributed by atoms with Crippen molar-refractivity contribution in [3.8, 4) is 33.9 Å². The van der Waals surface area contributed by atoms with Gasteiger partial charge in [-0.1, -0.05) is 0 Å². The Labute approximate surface area is 178 Å². The molecule has 0 aliphatic rings. The summed E-state index contributed by atoms with van der Waals surface area (Å²) in [6, 6.07) is 14.9. The third-order valence-corrected chi connectivity index (χ3v) is 4.66. The number of carboxylic acid groups (broad SMARTS) is 1. The number of carbonyl (C=O) groups is 1. The Kier molecular flexibility index (Phi) is 5.89. The summed E-state index contributed by atoms with van der Waals surface area (Å²) in [6.07, 6.45) is 6.70. The molecule has 0 unspecified atom stereocenters. The van der Waals surface area contributed by atoms with Gasteiger partial charge in [0.15, 0.2) is 0 Å². The molecule has 3 heterocycles. The molecule has 0 radical (unpaired) electrons. The summed E-state index contributed by atoms with van der Waals surface area (Å²) in [6.45, 7) is 0.0877. The predicted molar refractivity (Wildman–Crippen MR) is 114 cm³/mol. The van der Waals surface area contributed by atoms with Crippen molar-refractivity contribution in [3.05, 3.63) is 79.0 Å². The van der Waals surface area contributed by atoms with Gasteiger partial charge in [0.25, 0.3) is 0 Å². The van der Waals surface area contributed by atoms with Crippen molar-refractivity contribution in [3.63, 3.8) is 0 Å². The maximum atomic E-state index is 11.3. The highest BCUT2D eigenvalue weighted by Gasteiger charge is 2.16. The number of pyridine rings is 2. The van der Waals surface area contributed by atoms with E-state index >= 15 is 0 Å². The van der Waals surface area contributed by atoms with Gasteiger partial charge in [-0.25, -0.2) is 0 Å². The predicted octanol–water partition coefficient (Wildman–Crippen LogP) is 3.68. The maximum absolute atomic E-state index is 11.3. The smallest absolute Gasteiger partial charge is 0.325 e. The Bertz CT molecular complexity index is 1160. The van der Waals surface area contributed by atoms with E-state index in [1.165, 1.54) is 4.68 Å². The van der Waals surface area contributed by atoms with Crippen LogP contribution < -0.4 is 9.47 Å². The average molecular weight is 416 g/mol. The van der Waals surface area contributed by atoms with Crippen LogP contribution in [-0.4, -0.2) is 37.9 Å². The molecule has 1 N–H and O–H groups in total. The minimum atomic E-state index is -0.961. The lowest BCUT2D eigenvalue weighted by atomic mass is 10.0. The van der Waals surface area contributed by atoms with Gasteiger partial charge in [0, 0.05) is 23.5 Å². The molecule has 4 aromatic rings. The Morgan fingerprint density at radius 2 is 1.71 bits per heavy atom. The first-order valence-corrected chi connectivity index (χ1v) is 9.54. The minimum Gasteiger partial charge on any atom is -0.495 e. The Balaban J connectivity index is 1.57. The third-order valence-electron chi connectivity index (χ3n) is 4.66. The summed E-state index contributed by atoms with van der Waals surface area (Å²) in [7, 11) is 1.59. The van der Waals surface area contributed by atoms with Crippen LogP contribution in [-0.2, 0) is 17.9 Å². The molecule has 1 aromatic carbocycles. The number of ether oxygens (including phenoxy) is 2. The molecule has 0 aliphatic heterocycles. The van der Waals surface area contributed by atoms with Crippen LogP contribution in [0.4, 0.5) is 0 Å². The monoisotopic (exact) mass is 416 g/mol. The lowest BCUT2D eigenvalue weighted by Gasteiger charge is -2.11. The fourth-order valence-electron chi connectivity index (χ4n) is 3.16. The molecule has 0 amide bonds. The maximum Gasteiger partial charge on any atom is 0.325 e. The normalized spacial score (nSPS) is 10.6. The van der Waals surface area contributed by atoms with Crippen molar-refractivity contribution in [2.45, 2.75) is 13.2 Å². The summed E-state index contributed by atoms with van der Waals surface area (Å²) < 4.78 is 12.4. The number of methoxy groups -OCH3 is 1. The van der Waals surface area contributed by atoms with Crippen molar-refractivity contribution in [1.29, 1.82) is 0 Å². The number of hydrogen-bond donors (Lipinski definition) is 1. The molecule has 0 spiro atoms. The van der Waals surface area contributed by atoms with E-state index in [2.05, 4.69) is 15.1 Å². The SMILES string of the molecule is COc1ccc(COc2ccc(-c3c(-c4ccncc4)cnn3CC(=O)O)cc2)nc1. The molecule has 0 saturated heterocycles. The minimum absolute atomic E-state index is 0.234. The highest BCUT2D eigenvalue weighted by Crippen LogP contribution is 2.33. The lowest BCUT2D eigenvalue weighted by molar-refractivity contribution is -0.137. The van der Waals surface area contributed by atoms with Crippen LogP contribution in [0.25, 0.3) is 22.4 Å². The van der Waals surface area contributed by atoms with E-state index in [1.54, 1.807) is 31.9 Å². The highest BCUT2D eigenvalue weighted by atomic mass is 16.5. The van der Waals surface area contributed by atoms with E-state index in [0.717, 1.165) is 28.1 Å². The number of benzene rings is 1. The number of aliphatic carboxylic acids is 1. The summed E-state index contributed by atoms with van der Waals surface area (Å²) in [5.41, 5.74) is 4.08. The highest BCUT2D eigenvalue weighted by molar-refractivity contribution is 5.81. The van der Waals surface area contributed by atoms with Gasteiger partial charge in [-0.2, -0.15) is 5.10 Å². The van der Waals surface area contributed by atoms with Gasteiger partial charge in [0.2, 0.25) is 0 Å². The first-order chi connectivity index (χ1) is 15.1. The molecule has 8 heteroatoms. The van der Waals surface area contributed by atoms with Crippen LogP contribution in [0.3, 0.4) is 0 Å². The van der Waals surface area contributed by atoms with Crippen molar-refractivity contribution in [2.24, 2.45) is 0 Å². The van der Waals surface area contributed by atoms with E-state index in [9.17, 15) is 9.90 Å². The third kappa shape index (κ3) is 4.69. The fraction of sp³-hybridized carbons (Fsp3) is 0.130. The molecular formula is C23H20N4O4. The summed E-state index contributed by atoms with van der Waals surface area (Å²) in [5.74, 6) is 0.407. The molecule has 3 aromatic heterocycles. The zero-order valence-corrected chi connectivity index (χ0v) is 16.8. The zero-order chi connectivity index (χ0) is 21.6. The molecule has 31 heavy (non-hydrogen) atoms. The number of hydrogen-bond acceptors (Lipinski definition) is 6. The van der Waals surface area contributed by atoms with Gasteiger partial charge < -0.3 is 14.6 Å². The summed E-state index contributed by atoms with van der Waals surface area (Å²) >= 11 is 0. The first kappa shape index (κ1) is 20.1. The van der Waals surface area contributed by atoms with E-state index in [-0.39, 0.29) is 6.54 Å². The largest absolute Gasteiger partial charge is 0.495 e. The second-order valence-electron chi connectivity index (χ2n) is 6.70. The second kappa shape index (κ2) is 9.08. The standard InChI is InChI=1S/C23H20N4O4/c1-30-20-7-4-18(25-12-20)15-31-19-5-2-17(3-6-19)23-21(16-8-10-24-11-9-16)13-26-27(23)14-22(28)29/h2-13H,14-15H2,1H3,(H,28,29). The fourth-order valence-corrected chi connectivity index (χ4v) is 3.16. The van der Waals surface area contributed by atoms with E-state index < -0.39 is 5.97 Å². The van der Waals surface area contributed by atoms with Crippen LogP contribution in [0, 0.1) is 0 Å². The van der Waals surface area contributed by atoms with Crippen molar-refractivity contribution < 1.29 is 19.4 Å². The Hall–Kier alpha value is -4.20. The van der Waals surface area contributed by atoms with Gasteiger partial charge in [0.05, 0.1) is 30.9 Å². The van der Waals surface area contributed by atoms with Crippen molar-refractivity contribution >= 4 is 5.97 Å². The Morgan fingerprint density at radius 3 is 2.35 bits per heavy atom. The summed E-state index contributed by atoms with van der Waals surface area (Å²) in [5, 5.41) is 13.6. The van der Waals surface area contributed by atoms with Crippen LogP contribution in [0.2, 0.25) is 0 Å². The second-order valence-corrected chi connectivity index (χ2v) is 6.70. The Morgan fingerprint density at radius 1 is 0.968 bits per heavy atom. The van der Waals surface area contributed by atoms with Gasteiger partial charge in [-0.15, -0.1) is 0 Å². The molecule has 0 fully saturated rings. The number of rotatable bonds is 8. The van der Waals surface area contributed by atoms with Crippen molar-refractivity contribution in [2.75, 3.05) is 7.11 Å². The zero-order valence-electron chi connectivity index (χ0n) is 16.8. The molecule has 0 saturated carbocycles. The summed E-state index contributed by atoms with van der Waals surface area (Å²) in [4.78, 5) is 19.6. The van der Waals surface area contributed by atoms with Gasteiger partial charge in [-0.3, -0.25) is 19.4 Å². The quantitative estimate of drug-likeness (QED) is 0.468. The van der Waals surface area contributed by atoms with Gasteiger partial charge in [-0.05, 0) is 54.1 Å². The molecule has 4 rings (SSSR count). The van der Waals surface area contributed by atoms with Gasteiger partial charge >= 0.3 is 5.97 Å². The van der Waals surface area contributed by atoms with Gasteiger partial charge in [0.1, 0.15) is 24.7 Å². The van der Waals surface area contributed by atoms with Crippen LogP contribution in [0.1, 0.15) is 5.69 Å². The lowest BCUT2D eigenvalue weighted by Crippen LogP contribution is -2.11. The van der Waals surface area contributed by atoms with Crippen LogP contribution in [0.5, 0.6) is 11.5 Å². The first-order valence-electron chi connectivity index (χ1n) is 9.54. The van der Waals surface area contributed by atoms with E-state index in [0.29, 0.717) is 18.1 Å². The molecule has 8 nitrogen and oxygen atoms in total. The number of nitrogens with zero attached hydrogens (tertiary/aromatic N) is 4. The molecule has 156 valence electrons.